The summed E-state index contributed by atoms with van der Waals surface area (Å²) in [4.78, 5) is 2.71. The SMILES string of the molecule is C1CC(N2CC3CC3C2)CCO1.CC1(C)OB(c2ccccc2)OC1(C)C. The molecule has 0 spiro atoms. The van der Waals surface area contributed by atoms with Crippen LogP contribution in [0.5, 0.6) is 0 Å². The molecule has 5 heteroatoms. The van der Waals surface area contributed by atoms with E-state index in [4.69, 9.17) is 14.0 Å². The maximum Gasteiger partial charge on any atom is 0.494 e. The molecule has 0 N–H and O–H groups in total. The molecule has 3 saturated heterocycles. The third-order valence-corrected chi connectivity index (χ3v) is 7.04. The highest BCUT2D eigenvalue weighted by Gasteiger charge is 2.51. The monoisotopic (exact) mass is 371 g/mol. The van der Waals surface area contributed by atoms with Crippen LogP contribution in [0.3, 0.4) is 0 Å². The van der Waals surface area contributed by atoms with E-state index in [0.29, 0.717) is 0 Å². The van der Waals surface area contributed by atoms with E-state index >= 15 is 0 Å². The lowest BCUT2D eigenvalue weighted by Crippen LogP contribution is -2.41. The molecule has 0 bridgehead atoms. The largest absolute Gasteiger partial charge is 0.494 e. The first-order valence-electron chi connectivity index (χ1n) is 10.6. The molecule has 0 amide bonds. The minimum absolute atomic E-state index is 0.240. The van der Waals surface area contributed by atoms with Crippen LogP contribution in [0.4, 0.5) is 0 Å². The van der Waals surface area contributed by atoms with E-state index in [1.165, 1.54) is 32.4 Å². The molecule has 4 nitrogen and oxygen atoms in total. The van der Waals surface area contributed by atoms with Gasteiger partial charge in [0.2, 0.25) is 0 Å². The fraction of sp³-hybridized carbons (Fsp3) is 0.727. The molecule has 4 fully saturated rings. The number of piperidine rings is 1. The number of likely N-dealkylation sites (tertiary alicyclic amines) is 1. The first kappa shape index (κ1) is 19.4. The Balaban J connectivity index is 0.000000136. The summed E-state index contributed by atoms with van der Waals surface area (Å²) < 4.78 is 17.2. The molecule has 4 aliphatic rings. The van der Waals surface area contributed by atoms with Crippen molar-refractivity contribution in [3.8, 4) is 0 Å². The van der Waals surface area contributed by atoms with E-state index in [1.807, 2.05) is 30.3 Å². The zero-order valence-electron chi connectivity index (χ0n) is 17.3. The Labute approximate surface area is 164 Å². The smallest absolute Gasteiger partial charge is 0.399 e. The topological polar surface area (TPSA) is 30.9 Å². The highest BCUT2D eigenvalue weighted by molar-refractivity contribution is 6.62. The molecule has 27 heavy (non-hydrogen) atoms. The van der Waals surface area contributed by atoms with E-state index < -0.39 is 0 Å². The number of benzene rings is 1. The molecular formula is C22H34BNO3. The summed E-state index contributed by atoms with van der Waals surface area (Å²) in [6.45, 7) is 13.1. The molecule has 2 unspecified atom stereocenters. The first-order valence-corrected chi connectivity index (χ1v) is 10.6. The van der Waals surface area contributed by atoms with Gasteiger partial charge in [-0.1, -0.05) is 30.3 Å². The van der Waals surface area contributed by atoms with Crippen LogP contribution in [0.25, 0.3) is 0 Å². The second-order valence-corrected chi connectivity index (χ2v) is 9.55. The average molecular weight is 371 g/mol. The highest BCUT2D eigenvalue weighted by atomic mass is 16.7. The quantitative estimate of drug-likeness (QED) is 0.748. The van der Waals surface area contributed by atoms with Gasteiger partial charge in [0.05, 0.1) is 11.2 Å². The number of hydrogen-bond donors (Lipinski definition) is 0. The van der Waals surface area contributed by atoms with Gasteiger partial charge in [-0.15, -0.1) is 0 Å². The fourth-order valence-electron chi connectivity index (χ4n) is 4.37. The summed E-state index contributed by atoms with van der Waals surface area (Å²) in [6.07, 6.45) is 4.08. The molecule has 3 aliphatic heterocycles. The van der Waals surface area contributed by atoms with Gasteiger partial charge < -0.3 is 14.0 Å². The van der Waals surface area contributed by atoms with Crippen molar-refractivity contribution in [2.75, 3.05) is 26.3 Å². The van der Waals surface area contributed by atoms with E-state index in [9.17, 15) is 0 Å². The van der Waals surface area contributed by atoms with Crippen molar-refractivity contribution >= 4 is 12.6 Å². The Bertz CT molecular complexity index is 604. The summed E-state index contributed by atoms with van der Waals surface area (Å²) in [5, 5.41) is 0. The normalized spacial score (nSPS) is 31.9. The summed E-state index contributed by atoms with van der Waals surface area (Å²) in [7, 11) is -0.240. The zero-order chi connectivity index (χ0) is 19.1. The van der Waals surface area contributed by atoms with Crippen molar-refractivity contribution in [2.24, 2.45) is 11.8 Å². The van der Waals surface area contributed by atoms with Crippen LogP contribution < -0.4 is 5.46 Å². The molecule has 1 aromatic rings. The summed E-state index contributed by atoms with van der Waals surface area (Å²) >= 11 is 0. The Kier molecular flexibility index (Phi) is 5.41. The van der Waals surface area contributed by atoms with Gasteiger partial charge in [-0.25, -0.2) is 0 Å². The minimum atomic E-state index is -0.256. The second-order valence-electron chi connectivity index (χ2n) is 9.55. The van der Waals surface area contributed by atoms with E-state index in [1.54, 1.807) is 0 Å². The molecule has 0 aromatic heterocycles. The molecule has 3 heterocycles. The van der Waals surface area contributed by atoms with Crippen LogP contribution in [0, 0.1) is 11.8 Å². The lowest BCUT2D eigenvalue weighted by molar-refractivity contribution is 0.00578. The Morgan fingerprint density at radius 1 is 0.889 bits per heavy atom. The minimum Gasteiger partial charge on any atom is -0.399 e. The molecule has 148 valence electrons. The van der Waals surface area contributed by atoms with Crippen LogP contribution >= 0.6 is 0 Å². The standard InChI is InChI=1S/C12H17BO2.C10H17NO/c1-11(2)12(3,4)15-13(14-11)10-8-6-5-7-9-10;1-3-12-4-2-10(1)11-6-8-5-9(8)7-11/h5-9H,1-4H3;8-10H,1-7H2. The lowest BCUT2D eigenvalue weighted by atomic mass is 9.79. The molecule has 5 rings (SSSR count). The highest BCUT2D eigenvalue weighted by Crippen LogP contribution is 2.46. The van der Waals surface area contributed by atoms with Gasteiger partial charge in [-0.05, 0) is 64.3 Å². The molecular weight excluding hydrogens is 337 g/mol. The Morgan fingerprint density at radius 3 is 2.00 bits per heavy atom. The second kappa shape index (κ2) is 7.51. The van der Waals surface area contributed by atoms with Crippen molar-refractivity contribution in [2.45, 2.75) is 64.2 Å². The Hall–Kier alpha value is -0.875. The van der Waals surface area contributed by atoms with Crippen molar-refractivity contribution in [1.82, 2.24) is 4.90 Å². The van der Waals surface area contributed by atoms with Crippen LogP contribution in [-0.2, 0) is 14.0 Å². The number of fused-ring (bicyclic) bond motifs is 1. The van der Waals surface area contributed by atoms with E-state index in [0.717, 1.165) is 36.6 Å². The third-order valence-electron chi connectivity index (χ3n) is 7.04. The van der Waals surface area contributed by atoms with Gasteiger partial charge in [-0.3, -0.25) is 4.90 Å². The maximum atomic E-state index is 5.93. The van der Waals surface area contributed by atoms with Gasteiger partial charge in [-0.2, -0.15) is 0 Å². The maximum absolute atomic E-state index is 5.93. The molecule has 0 radical (unpaired) electrons. The first-order chi connectivity index (χ1) is 12.9. The number of rotatable bonds is 2. The van der Waals surface area contributed by atoms with Crippen LogP contribution in [-0.4, -0.2) is 55.6 Å². The number of hydrogen-bond acceptors (Lipinski definition) is 4. The van der Waals surface area contributed by atoms with Gasteiger partial charge in [0.15, 0.2) is 0 Å². The van der Waals surface area contributed by atoms with Crippen LogP contribution in [0.15, 0.2) is 30.3 Å². The predicted molar refractivity (Wildman–Crippen MR) is 109 cm³/mol. The number of nitrogens with zero attached hydrogens (tertiary/aromatic N) is 1. The van der Waals surface area contributed by atoms with Gasteiger partial charge >= 0.3 is 7.12 Å². The molecule has 1 aromatic carbocycles. The fourth-order valence-corrected chi connectivity index (χ4v) is 4.37. The lowest BCUT2D eigenvalue weighted by Gasteiger charge is -2.32. The molecule has 1 saturated carbocycles. The zero-order valence-corrected chi connectivity index (χ0v) is 17.3. The van der Waals surface area contributed by atoms with Crippen molar-refractivity contribution in [1.29, 1.82) is 0 Å². The predicted octanol–water partition coefficient (Wildman–Crippen LogP) is 3.10. The van der Waals surface area contributed by atoms with Gasteiger partial charge in [0, 0.05) is 32.3 Å². The van der Waals surface area contributed by atoms with Gasteiger partial charge in [0.25, 0.3) is 0 Å². The Morgan fingerprint density at radius 2 is 1.44 bits per heavy atom. The van der Waals surface area contributed by atoms with Crippen molar-refractivity contribution < 1.29 is 14.0 Å². The van der Waals surface area contributed by atoms with Crippen LogP contribution in [0.1, 0.15) is 47.0 Å². The third kappa shape index (κ3) is 4.27. The van der Waals surface area contributed by atoms with Crippen molar-refractivity contribution in [3.05, 3.63) is 30.3 Å². The van der Waals surface area contributed by atoms with Crippen molar-refractivity contribution in [3.63, 3.8) is 0 Å². The summed E-state index contributed by atoms with van der Waals surface area (Å²) in [5.74, 6) is 2.18. The summed E-state index contributed by atoms with van der Waals surface area (Å²) in [6, 6.07) is 10.9. The number of ether oxygens (including phenoxy) is 1. The molecule has 2 atom stereocenters. The van der Waals surface area contributed by atoms with E-state index in [2.05, 4.69) is 32.6 Å². The van der Waals surface area contributed by atoms with Gasteiger partial charge in [0.1, 0.15) is 0 Å². The summed E-state index contributed by atoms with van der Waals surface area (Å²) in [5.41, 5.74) is 0.567. The van der Waals surface area contributed by atoms with E-state index in [-0.39, 0.29) is 18.3 Å². The molecule has 1 aliphatic carbocycles. The average Bonchev–Trinajstić information content (AvgIpc) is 3.19. The van der Waals surface area contributed by atoms with Crippen LogP contribution in [0.2, 0.25) is 0 Å².